The average molecular weight is 231 g/mol. The summed E-state index contributed by atoms with van der Waals surface area (Å²) >= 11 is 1.42. The molecule has 1 heterocycles. The van der Waals surface area contributed by atoms with Crippen molar-refractivity contribution in [3.8, 4) is 0 Å². The quantitative estimate of drug-likeness (QED) is 0.473. The number of aliphatic hydroxyl groups excluding tert-OH is 1. The second-order valence-electron chi connectivity index (χ2n) is 3.43. The van der Waals surface area contributed by atoms with Crippen LogP contribution in [0, 0.1) is 0 Å². The van der Waals surface area contributed by atoms with Gasteiger partial charge >= 0.3 is 0 Å². The van der Waals surface area contributed by atoms with Crippen LogP contribution in [0.1, 0.15) is 18.9 Å². The van der Waals surface area contributed by atoms with Gasteiger partial charge in [-0.05, 0) is 13.8 Å². The lowest BCUT2D eigenvalue weighted by Gasteiger charge is -2.23. The lowest BCUT2D eigenvalue weighted by Crippen LogP contribution is -2.32. The van der Waals surface area contributed by atoms with Crippen LogP contribution in [-0.2, 0) is 6.54 Å². The molecule has 1 aromatic heterocycles. The number of anilines is 1. The molecule has 15 heavy (non-hydrogen) atoms. The first kappa shape index (κ1) is 12.3. The molecule has 6 nitrogen and oxygen atoms in total. The lowest BCUT2D eigenvalue weighted by molar-refractivity contribution is 0.159. The number of hydrazine groups is 1. The molecule has 0 fully saturated rings. The van der Waals surface area contributed by atoms with Gasteiger partial charge in [-0.15, -0.1) is 10.2 Å². The van der Waals surface area contributed by atoms with Crippen molar-refractivity contribution in [3.63, 3.8) is 0 Å². The van der Waals surface area contributed by atoms with Gasteiger partial charge in [0.25, 0.3) is 0 Å². The highest BCUT2D eigenvalue weighted by Crippen LogP contribution is 2.16. The molecule has 0 unspecified atom stereocenters. The normalized spacial score (nSPS) is 11.3. The van der Waals surface area contributed by atoms with Crippen molar-refractivity contribution in [3.05, 3.63) is 5.01 Å². The molecule has 7 heteroatoms. The molecule has 1 rings (SSSR count). The van der Waals surface area contributed by atoms with E-state index in [4.69, 9.17) is 10.9 Å². The maximum Gasteiger partial charge on any atom is 0.219 e. The largest absolute Gasteiger partial charge is 0.395 e. The van der Waals surface area contributed by atoms with Crippen molar-refractivity contribution in [1.29, 1.82) is 0 Å². The van der Waals surface area contributed by atoms with Crippen molar-refractivity contribution < 1.29 is 5.11 Å². The minimum absolute atomic E-state index is 0.152. The molecule has 0 spiro atoms. The Kier molecular flexibility index (Phi) is 4.89. The highest BCUT2D eigenvalue weighted by Gasteiger charge is 2.12. The van der Waals surface area contributed by atoms with Gasteiger partial charge in [0, 0.05) is 12.6 Å². The van der Waals surface area contributed by atoms with Crippen LogP contribution in [0.25, 0.3) is 0 Å². The monoisotopic (exact) mass is 231 g/mol. The van der Waals surface area contributed by atoms with Crippen molar-refractivity contribution >= 4 is 16.5 Å². The number of nitrogen functional groups attached to an aromatic ring is 1. The van der Waals surface area contributed by atoms with E-state index in [9.17, 15) is 0 Å². The standard InChI is InChI=1S/C8H17N5OS/c1-6(2)13(3-4-14)5-7-11-12-8(10-9)15-7/h6,14H,3-5,9H2,1-2H3,(H,10,12). The van der Waals surface area contributed by atoms with Crippen molar-refractivity contribution in [2.45, 2.75) is 26.4 Å². The van der Waals surface area contributed by atoms with E-state index >= 15 is 0 Å². The van der Waals surface area contributed by atoms with E-state index < -0.39 is 0 Å². The summed E-state index contributed by atoms with van der Waals surface area (Å²) in [7, 11) is 0. The fourth-order valence-electron chi connectivity index (χ4n) is 1.20. The Bertz CT molecular complexity index is 290. The van der Waals surface area contributed by atoms with Gasteiger partial charge in [0.05, 0.1) is 13.2 Å². The van der Waals surface area contributed by atoms with Crippen molar-refractivity contribution in [2.75, 3.05) is 18.6 Å². The summed E-state index contributed by atoms with van der Waals surface area (Å²) in [6.07, 6.45) is 0. The molecule has 0 atom stereocenters. The smallest absolute Gasteiger partial charge is 0.219 e. The number of hydrogen-bond donors (Lipinski definition) is 3. The predicted octanol–water partition coefficient (Wildman–Crippen LogP) is 0.0264. The summed E-state index contributed by atoms with van der Waals surface area (Å²) < 4.78 is 0. The second kappa shape index (κ2) is 5.96. The Balaban J connectivity index is 2.57. The van der Waals surface area contributed by atoms with Crippen LogP contribution >= 0.6 is 11.3 Å². The van der Waals surface area contributed by atoms with E-state index in [-0.39, 0.29) is 6.61 Å². The minimum atomic E-state index is 0.152. The summed E-state index contributed by atoms with van der Waals surface area (Å²) in [6, 6.07) is 0.371. The van der Waals surface area contributed by atoms with Crippen LogP contribution in [0.15, 0.2) is 0 Å². The van der Waals surface area contributed by atoms with Crippen LogP contribution in [0.4, 0.5) is 5.13 Å². The molecule has 0 aliphatic carbocycles. The third kappa shape index (κ3) is 3.71. The number of aromatic nitrogens is 2. The second-order valence-corrected chi connectivity index (χ2v) is 4.50. The van der Waals surface area contributed by atoms with Crippen LogP contribution in [0.3, 0.4) is 0 Å². The number of nitrogens with zero attached hydrogens (tertiary/aromatic N) is 3. The molecule has 0 aliphatic heterocycles. The van der Waals surface area contributed by atoms with Crippen molar-refractivity contribution in [2.24, 2.45) is 5.84 Å². The molecule has 1 aromatic rings. The van der Waals surface area contributed by atoms with Gasteiger partial charge in [0.15, 0.2) is 0 Å². The zero-order valence-electron chi connectivity index (χ0n) is 8.97. The van der Waals surface area contributed by atoms with E-state index in [0.29, 0.717) is 24.3 Å². The number of hydrogen-bond acceptors (Lipinski definition) is 7. The third-order valence-electron chi connectivity index (χ3n) is 2.05. The first-order chi connectivity index (χ1) is 7.17. The fourth-order valence-corrected chi connectivity index (χ4v) is 1.87. The molecular formula is C8H17N5OS. The lowest BCUT2D eigenvalue weighted by atomic mass is 10.3. The molecule has 0 amide bonds. The van der Waals surface area contributed by atoms with E-state index in [2.05, 4.69) is 34.4 Å². The van der Waals surface area contributed by atoms with Gasteiger partial charge < -0.3 is 5.11 Å². The summed E-state index contributed by atoms with van der Waals surface area (Å²) in [5.41, 5.74) is 2.46. The van der Waals surface area contributed by atoms with E-state index in [1.54, 1.807) is 0 Å². The molecule has 0 aliphatic rings. The number of nitrogens with one attached hydrogen (secondary N) is 1. The van der Waals surface area contributed by atoms with Crippen LogP contribution < -0.4 is 11.3 Å². The Morgan fingerprint density at radius 1 is 1.53 bits per heavy atom. The SMILES string of the molecule is CC(C)N(CCO)Cc1nnc(NN)s1. The maximum atomic E-state index is 8.91. The molecule has 0 bridgehead atoms. The zero-order chi connectivity index (χ0) is 11.3. The summed E-state index contributed by atoms with van der Waals surface area (Å²) in [6.45, 7) is 5.65. The molecule has 0 radical (unpaired) electrons. The average Bonchev–Trinajstić information content (AvgIpc) is 2.65. The van der Waals surface area contributed by atoms with Gasteiger partial charge in [-0.2, -0.15) is 0 Å². The Morgan fingerprint density at radius 3 is 2.73 bits per heavy atom. The first-order valence-electron chi connectivity index (χ1n) is 4.81. The third-order valence-corrected chi connectivity index (χ3v) is 2.89. The molecular weight excluding hydrogens is 214 g/mol. The van der Waals surface area contributed by atoms with Gasteiger partial charge in [-0.3, -0.25) is 10.3 Å². The molecule has 86 valence electrons. The Morgan fingerprint density at radius 2 is 2.27 bits per heavy atom. The highest BCUT2D eigenvalue weighted by atomic mass is 32.1. The minimum Gasteiger partial charge on any atom is -0.395 e. The summed E-state index contributed by atoms with van der Waals surface area (Å²) in [4.78, 5) is 2.13. The zero-order valence-corrected chi connectivity index (χ0v) is 9.79. The predicted molar refractivity (Wildman–Crippen MR) is 60.4 cm³/mol. The first-order valence-corrected chi connectivity index (χ1v) is 5.63. The summed E-state index contributed by atoms with van der Waals surface area (Å²) in [5.74, 6) is 5.22. The van der Waals surface area contributed by atoms with E-state index in [0.717, 1.165) is 5.01 Å². The van der Waals surface area contributed by atoms with Gasteiger partial charge in [0.1, 0.15) is 5.01 Å². The molecule has 0 saturated heterocycles. The Labute approximate surface area is 93.1 Å². The fraction of sp³-hybridized carbons (Fsp3) is 0.750. The topological polar surface area (TPSA) is 87.3 Å². The Hall–Kier alpha value is -0.760. The van der Waals surface area contributed by atoms with Crippen LogP contribution in [0.5, 0.6) is 0 Å². The van der Waals surface area contributed by atoms with E-state index in [1.807, 2.05) is 0 Å². The molecule has 0 saturated carbocycles. The van der Waals surface area contributed by atoms with Gasteiger partial charge in [0.2, 0.25) is 5.13 Å². The summed E-state index contributed by atoms with van der Waals surface area (Å²) in [5, 5.41) is 18.3. The molecule has 4 N–H and O–H groups in total. The van der Waals surface area contributed by atoms with Gasteiger partial charge in [-0.25, -0.2) is 5.84 Å². The van der Waals surface area contributed by atoms with E-state index in [1.165, 1.54) is 11.3 Å². The number of nitrogens with two attached hydrogens (primary N) is 1. The van der Waals surface area contributed by atoms with Crippen LogP contribution in [-0.4, -0.2) is 39.4 Å². The number of aliphatic hydroxyl groups is 1. The highest BCUT2D eigenvalue weighted by molar-refractivity contribution is 7.15. The number of rotatable bonds is 6. The maximum absolute atomic E-state index is 8.91. The van der Waals surface area contributed by atoms with Crippen molar-refractivity contribution in [1.82, 2.24) is 15.1 Å². The van der Waals surface area contributed by atoms with Gasteiger partial charge in [-0.1, -0.05) is 11.3 Å². The molecule has 0 aromatic carbocycles. The van der Waals surface area contributed by atoms with Crippen LogP contribution in [0.2, 0.25) is 0 Å².